The Hall–Kier alpha value is -2.10. The van der Waals surface area contributed by atoms with Gasteiger partial charge in [0.15, 0.2) is 0 Å². The summed E-state index contributed by atoms with van der Waals surface area (Å²) >= 11 is 0. The Balaban J connectivity index is 2.27. The maximum absolute atomic E-state index is 7.46. The van der Waals surface area contributed by atoms with E-state index in [1.807, 2.05) is 13.8 Å². The van der Waals surface area contributed by atoms with Crippen LogP contribution in [0.1, 0.15) is 11.3 Å². The van der Waals surface area contributed by atoms with E-state index in [9.17, 15) is 0 Å². The zero-order valence-corrected chi connectivity index (χ0v) is 9.19. The van der Waals surface area contributed by atoms with Gasteiger partial charge < -0.3 is 10.5 Å². The van der Waals surface area contributed by atoms with E-state index in [0.29, 0.717) is 17.3 Å². The van der Waals surface area contributed by atoms with Gasteiger partial charge >= 0.3 is 0 Å². The average molecular weight is 214 g/mol. The summed E-state index contributed by atoms with van der Waals surface area (Å²) in [6, 6.07) is 5.20. The lowest BCUT2D eigenvalue weighted by Gasteiger charge is -2.07. The Bertz CT molecular complexity index is 511. The van der Waals surface area contributed by atoms with Crippen molar-refractivity contribution in [2.45, 2.75) is 13.8 Å². The predicted molar refractivity (Wildman–Crippen MR) is 60.8 cm³/mol. The number of benzene rings is 1. The first kappa shape index (κ1) is 10.4. The van der Waals surface area contributed by atoms with Gasteiger partial charge in [0.25, 0.3) is 0 Å². The van der Waals surface area contributed by atoms with Crippen LogP contribution in [0.5, 0.6) is 11.6 Å². The molecule has 0 atom stereocenters. The van der Waals surface area contributed by atoms with E-state index in [-0.39, 0.29) is 0 Å². The number of aryl methyl sites for hydroxylation is 2. The van der Waals surface area contributed by atoms with E-state index in [1.165, 1.54) is 0 Å². The molecule has 0 fully saturated rings. The van der Waals surface area contributed by atoms with Crippen LogP contribution in [0.3, 0.4) is 0 Å². The van der Waals surface area contributed by atoms with Crippen LogP contribution in [0, 0.1) is 13.8 Å². The van der Waals surface area contributed by atoms with Crippen molar-refractivity contribution in [3.8, 4) is 11.6 Å². The van der Waals surface area contributed by atoms with Gasteiger partial charge in [0.05, 0.1) is 17.6 Å². The quantitative estimate of drug-likeness (QED) is 0.772. The third-order valence-corrected chi connectivity index (χ3v) is 2.12. The van der Waals surface area contributed by atoms with Crippen LogP contribution in [0.4, 0.5) is 5.69 Å². The molecule has 4 heteroatoms. The van der Waals surface area contributed by atoms with E-state index in [4.69, 9.17) is 10.5 Å². The Kier molecular flexibility index (Phi) is 2.72. The minimum atomic E-state index is 0.472. The molecule has 0 saturated carbocycles. The highest BCUT2D eigenvalue weighted by Gasteiger charge is 2.03. The topological polar surface area (TPSA) is 58.8 Å². The lowest BCUT2D eigenvalue weighted by atomic mass is 10.2. The van der Waals surface area contributed by atoms with Crippen LogP contribution in [0.25, 0.3) is 0 Å². The van der Waals surface area contributed by atoms with Crippen LogP contribution in [-0.2, 0) is 0 Å². The predicted octanol–water partition coefficient (Wildman–Crippen LogP) is 2.80. The summed E-state index contributed by atoms with van der Waals surface area (Å²) in [5, 5.41) is 0. The van der Waals surface area contributed by atoms with Gasteiger partial charge in [0, 0.05) is 6.20 Å². The van der Waals surface area contributed by atoms with Gasteiger partial charge in [0.2, 0.25) is 5.88 Å². The Morgan fingerprint density at radius 1 is 1.19 bits per heavy atom. The first-order chi connectivity index (χ1) is 7.65. The number of rotatable bonds is 2. The van der Waals surface area contributed by atoms with Crippen LogP contribution >= 0.6 is 0 Å². The molecule has 0 unspecified atom stereocenters. The first-order valence-electron chi connectivity index (χ1n) is 4.94. The molecule has 0 amide bonds. The van der Waals surface area contributed by atoms with E-state index in [1.54, 1.807) is 30.6 Å². The zero-order valence-electron chi connectivity index (χ0n) is 9.19. The molecule has 0 saturated heterocycles. The highest BCUT2D eigenvalue weighted by Crippen LogP contribution is 2.25. The Morgan fingerprint density at radius 2 is 2.00 bits per heavy atom. The van der Waals surface area contributed by atoms with Crippen molar-refractivity contribution in [1.82, 2.24) is 15.7 Å². The van der Waals surface area contributed by atoms with Gasteiger partial charge in [-0.05, 0) is 37.6 Å². The molecule has 2 rings (SSSR count). The molecule has 0 aliphatic carbocycles. The second-order valence-corrected chi connectivity index (χ2v) is 3.58. The van der Waals surface area contributed by atoms with Crippen molar-refractivity contribution >= 4 is 5.69 Å². The number of nitrogens with one attached hydrogen (secondary N) is 1. The molecule has 1 heterocycles. The molecule has 0 aliphatic rings. The summed E-state index contributed by atoms with van der Waals surface area (Å²) in [6.45, 7) is 3.76. The first-order valence-corrected chi connectivity index (χ1v) is 4.94. The fraction of sp³-hybridized carbons (Fsp3) is 0.167. The second-order valence-electron chi connectivity index (χ2n) is 3.58. The molecule has 1 N–H and O–H groups in total. The molecule has 2 aromatic rings. The van der Waals surface area contributed by atoms with Crippen LogP contribution in [0.15, 0.2) is 30.6 Å². The second kappa shape index (κ2) is 4.18. The number of aromatic nitrogens is 2. The van der Waals surface area contributed by atoms with E-state index in [0.717, 1.165) is 11.3 Å². The molecule has 0 bridgehead atoms. The number of ether oxygens (including phenoxy) is 1. The van der Waals surface area contributed by atoms with Crippen LogP contribution in [-0.4, -0.2) is 9.97 Å². The van der Waals surface area contributed by atoms with E-state index >= 15 is 0 Å². The molecule has 1 aromatic carbocycles. The van der Waals surface area contributed by atoms with Crippen LogP contribution in [0.2, 0.25) is 0 Å². The summed E-state index contributed by atoms with van der Waals surface area (Å²) in [5.74, 6) is 1.18. The van der Waals surface area contributed by atoms with Gasteiger partial charge in [-0.3, -0.25) is 4.98 Å². The van der Waals surface area contributed by atoms with E-state index in [2.05, 4.69) is 9.97 Å². The SMILES string of the molecule is Cc1cncc(Oc2ccc([NH])cc2C)n1. The highest BCUT2D eigenvalue weighted by atomic mass is 16.5. The summed E-state index contributed by atoms with van der Waals surface area (Å²) in [6.07, 6.45) is 3.24. The number of hydrogen-bond acceptors (Lipinski definition) is 3. The third kappa shape index (κ3) is 2.28. The smallest absolute Gasteiger partial charge is 0.238 e. The zero-order chi connectivity index (χ0) is 11.5. The monoisotopic (exact) mass is 214 g/mol. The average Bonchev–Trinajstić information content (AvgIpc) is 2.22. The molecule has 81 valence electrons. The fourth-order valence-corrected chi connectivity index (χ4v) is 1.37. The minimum absolute atomic E-state index is 0.472. The minimum Gasteiger partial charge on any atom is -0.437 e. The molecule has 16 heavy (non-hydrogen) atoms. The summed E-state index contributed by atoms with van der Waals surface area (Å²) in [4.78, 5) is 8.20. The lowest BCUT2D eigenvalue weighted by molar-refractivity contribution is 0.455. The fourth-order valence-electron chi connectivity index (χ4n) is 1.37. The number of hydrogen-bond donors (Lipinski definition) is 0. The van der Waals surface area contributed by atoms with Crippen molar-refractivity contribution in [3.05, 3.63) is 41.9 Å². The van der Waals surface area contributed by atoms with Crippen molar-refractivity contribution in [2.24, 2.45) is 0 Å². The highest BCUT2D eigenvalue weighted by molar-refractivity contribution is 5.45. The summed E-state index contributed by atoms with van der Waals surface area (Å²) < 4.78 is 5.59. The molecule has 1 radical (unpaired) electrons. The van der Waals surface area contributed by atoms with Gasteiger partial charge in [-0.25, -0.2) is 4.98 Å². The summed E-state index contributed by atoms with van der Waals surface area (Å²) in [7, 11) is 0. The van der Waals surface area contributed by atoms with Crippen molar-refractivity contribution in [3.63, 3.8) is 0 Å². The lowest BCUT2D eigenvalue weighted by Crippen LogP contribution is -1.92. The molecular formula is C12H12N3O. The van der Waals surface area contributed by atoms with E-state index < -0.39 is 0 Å². The van der Waals surface area contributed by atoms with Crippen LogP contribution < -0.4 is 10.5 Å². The molecule has 1 aromatic heterocycles. The Labute approximate surface area is 94.1 Å². The molecule has 0 aliphatic heterocycles. The van der Waals surface area contributed by atoms with Crippen molar-refractivity contribution < 1.29 is 4.74 Å². The molecular weight excluding hydrogens is 202 g/mol. The standard InChI is InChI=1S/C12H12N3O/c1-8-5-10(13)3-4-11(8)16-12-7-14-6-9(2)15-12/h3-7,13H,1-2H3. The Morgan fingerprint density at radius 3 is 2.69 bits per heavy atom. The largest absolute Gasteiger partial charge is 0.437 e. The van der Waals surface area contributed by atoms with Gasteiger partial charge in [-0.2, -0.15) is 0 Å². The molecule has 0 spiro atoms. The number of nitrogens with zero attached hydrogens (tertiary/aromatic N) is 2. The van der Waals surface area contributed by atoms with Gasteiger partial charge in [0.1, 0.15) is 5.75 Å². The maximum Gasteiger partial charge on any atom is 0.238 e. The normalized spacial score (nSPS) is 10.1. The third-order valence-electron chi connectivity index (χ3n) is 2.12. The van der Waals surface area contributed by atoms with Crippen molar-refractivity contribution in [1.29, 1.82) is 0 Å². The van der Waals surface area contributed by atoms with Gasteiger partial charge in [-0.1, -0.05) is 0 Å². The van der Waals surface area contributed by atoms with Crippen molar-refractivity contribution in [2.75, 3.05) is 0 Å². The van der Waals surface area contributed by atoms with Gasteiger partial charge in [-0.15, -0.1) is 0 Å². The maximum atomic E-state index is 7.46. The summed E-state index contributed by atoms with van der Waals surface area (Å²) in [5.41, 5.74) is 9.66. The molecule has 4 nitrogen and oxygen atoms in total.